The second-order valence-corrected chi connectivity index (χ2v) is 7.45. The maximum absolute atomic E-state index is 12.4. The molecule has 2 rings (SSSR count). The standard InChI is InChI=1S/C18H19ClN2O4S/c19-16-4-1-2-5-17(16)21-26(24,25)15-9-6-14(7-10-15)8-11-18(23)20-12-3-13-22/h1-2,4-11,21-22H,3,12-13H2,(H,20,23)/b11-8+. The number of anilines is 1. The molecule has 0 fully saturated rings. The van der Waals surface area contributed by atoms with Crippen LogP contribution in [0.25, 0.3) is 6.08 Å². The number of carbonyl (C=O) groups excluding carboxylic acids is 1. The lowest BCUT2D eigenvalue weighted by Crippen LogP contribution is -2.22. The maximum Gasteiger partial charge on any atom is 0.261 e. The molecule has 0 heterocycles. The molecule has 0 aliphatic rings. The Morgan fingerprint density at radius 2 is 1.81 bits per heavy atom. The highest BCUT2D eigenvalue weighted by molar-refractivity contribution is 7.92. The molecule has 0 saturated heterocycles. The Labute approximate surface area is 157 Å². The fourth-order valence-corrected chi connectivity index (χ4v) is 3.35. The lowest BCUT2D eigenvalue weighted by Gasteiger charge is -2.09. The second kappa shape index (κ2) is 9.38. The molecule has 0 atom stereocenters. The molecular weight excluding hydrogens is 376 g/mol. The molecule has 0 aliphatic heterocycles. The Hall–Kier alpha value is -2.35. The molecule has 1 amide bonds. The number of sulfonamides is 1. The van der Waals surface area contributed by atoms with E-state index in [4.69, 9.17) is 16.7 Å². The van der Waals surface area contributed by atoms with Gasteiger partial charge in [0, 0.05) is 19.2 Å². The number of para-hydroxylation sites is 1. The summed E-state index contributed by atoms with van der Waals surface area (Å²) in [5.74, 6) is -0.282. The molecule has 8 heteroatoms. The van der Waals surface area contributed by atoms with Gasteiger partial charge in [-0.25, -0.2) is 8.42 Å². The van der Waals surface area contributed by atoms with Gasteiger partial charge >= 0.3 is 0 Å². The monoisotopic (exact) mass is 394 g/mol. The zero-order chi connectivity index (χ0) is 19.0. The average Bonchev–Trinajstić information content (AvgIpc) is 2.62. The van der Waals surface area contributed by atoms with Crippen molar-refractivity contribution in [3.8, 4) is 0 Å². The van der Waals surface area contributed by atoms with Crippen molar-refractivity contribution in [3.63, 3.8) is 0 Å². The van der Waals surface area contributed by atoms with Crippen molar-refractivity contribution in [1.29, 1.82) is 0 Å². The number of hydrogen-bond acceptors (Lipinski definition) is 4. The first-order valence-electron chi connectivity index (χ1n) is 7.86. The van der Waals surface area contributed by atoms with E-state index in [-0.39, 0.29) is 17.4 Å². The lowest BCUT2D eigenvalue weighted by atomic mass is 10.2. The van der Waals surface area contributed by atoms with Crippen LogP contribution in [0.2, 0.25) is 5.02 Å². The van der Waals surface area contributed by atoms with Gasteiger partial charge in [-0.3, -0.25) is 9.52 Å². The van der Waals surface area contributed by atoms with E-state index in [2.05, 4.69) is 10.0 Å². The molecule has 138 valence electrons. The molecule has 0 bridgehead atoms. The van der Waals surface area contributed by atoms with Gasteiger partial charge in [0.2, 0.25) is 5.91 Å². The molecule has 0 unspecified atom stereocenters. The van der Waals surface area contributed by atoms with Crippen molar-refractivity contribution in [2.45, 2.75) is 11.3 Å². The maximum atomic E-state index is 12.4. The van der Waals surface area contributed by atoms with Gasteiger partial charge < -0.3 is 10.4 Å². The zero-order valence-corrected chi connectivity index (χ0v) is 15.4. The summed E-state index contributed by atoms with van der Waals surface area (Å²) in [5, 5.41) is 11.6. The summed E-state index contributed by atoms with van der Waals surface area (Å²) in [6, 6.07) is 12.7. The molecule has 2 aromatic rings. The SMILES string of the molecule is O=C(/C=C/c1ccc(S(=O)(=O)Nc2ccccc2Cl)cc1)NCCCO. The largest absolute Gasteiger partial charge is 0.396 e. The van der Waals surface area contributed by atoms with Crippen LogP contribution in [-0.2, 0) is 14.8 Å². The third-order valence-electron chi connectivity index (χ3n) is 3.37. The number of rotatable bonds is 8. The molecule has 0 aliphatic carbocycles. The van der Waals surface area contributed by atoms with Crippen LogP contribution in [0, 0.1) is 0 Å². The Morgan fingerprint density at radius 3 is 2.46 bits per heavy atom. The van der Waals surface area contributed by atoms with Crippen LogP contribution in [0.15, 0.2) is 59.5 Å². The van der Waals surface area contributed by atoms with Crippen LogP contribution in [0.3, 0.4) is 0 Å². The summed E-state index contributed by atoms with van der Waals surface area (Å²) in [5.41, 5.74) is 0.983. The molecule has 0 aromatic heterocycles. The van der Waals surface area contributed by atoms with Crippen molar-refractivity contribution in [3.05, 3.63) is 65.2 Å². The topological polar surface area (TPSA) is 95.5 Å². The van der Waals surface area contributed by atoms with Gasteiger partial charge in [0.05, 0.1) is 15.6 Å². The Bertz CT molecular complexity index is 880. The van der Waals surface area contributed by atoms with Crippen LogP contribution < -0.4 is 10.0 Å². The predicted molar refractivity (Wildman–Crippen MR) is 102 cm³/mol. The van der Waals surface area contributed by atoms with Gasteiger partial charge in [-0.1, -0.05) is 35.9 Å². The van der Waals surface area contributed by atoms with Crippen molar-refractivity contribution in [2.24, 2.45) is 0 Å². The highest BCUT2D eigenvalue weighted by Crippen LogP contribution is 2.24. The summed E-state index contributed by atoms with van der Waals surface area (Å²) in [6.07, 6.45) is 3.42. The fourth-order valence-electron chi connectivity index (χ4n) is 2.03. The minimum atomic E-state index is -3.76. The van der Waals surface area contributed by atoms with E-state index in [1.54, 1.807) is 42.5 Å². The van der Waals surface area contributed by atoms with Crippen molar-refractivity contribution >= 4 is 39.3 Å². The fraction of sp³-hybridized carbons (Fsp3) is 0.167. The van der Waals surface area contributed by atoms with E-state index in [0.717, 1.165) is 0 Å². The number of nitrogens with one attached hydrogen (secondary N) is 2. The number of halogens is 1. The first-order chi connectivity index (χ1) is 12.4. The van der Waals surface area contributed by atoms with Gasteiger partial charge in [-0.2, -0.15) is 0 Å². The summed E-state index contributed by atoms with van der Waals surface area (Å²) in [7, 11) is -3.76. The minimum Gasteiger partial charge on any atom is -0.396 e. The Morgan fingerprint density at radius 1 is 1.12 bits per heavy atom. The molecule has 2 aromatic carbocycles. The van der Waals surface area contributed by atoms with E-state index in [9.17, 15) is 13.2 Å². The third kappa shape index (κ3) is 5.87. The van der Waals surface area contributed by atoms with Crippen molar-refractivity contribution in [1.82, 2.24) is 5.32 Å². The van der Waals surface area contributed by atoms with Crippen LogP contribution in [0.4, 0.5) is 5.69 Å². The number of carbonyl (C=O) groups is 1. The number of amides is 1. The van der Waals surface area contributed by atoms with Crippen LogP contribution in [0.1, 0.15) is 12.0 Å². The van der Waals surface area contributed by atoms with Gasteiger partial charge in [0.15, 0.2) is 0 Å². The third-order valence-corrected chi connectivity index (χ3v) is 5.08. The van der Waals surface area contributed by atoms with Gasteiger partial charge in [0.1, 0.15) is 0 Å². The van der Waals surface area contributed by atoms with E-state index >= 15 is 0 Å². The lowest BCUT2D eigenvalue weighted by molar-refractivity contribution is -0.116. The van der Waals surface area contributed by atoms with E-state index in [0.29, 0.717) is 29.2 Å². The van der Waals surface area contributed by atoms with E-state index in [1.807, 2.05) is 0 Å². The van der Waals surface area contributed by atoms with Gasteiger partial charge in [-0.15, -0.1) is 0 Å². The summed E-state index contributed by atoms with van der Waals surface area (Å²) in [6.45, 7) is 0.409. The molecule has 0 saturated carbocycles. The number of hydrogen-bond donors (Lipinski definition) is 3. The zero-order valence-electron chi connectivity index (χ0n) is 13.9. The first-order valence-corrected chi connectivity index (χ1v) is 9.72. The molecule has 6 nitrogen and oxygen atoms in total. The first kappa shape index (κ1) is 20.0. The summed E-state index contributed by atoms with van der Waals surface area (Å²) in [4.78, 5) is 11.6. The molecule has 26 heavy (non-hydrogen) atoms. The number of benzene rings is 2. The quantitative estimate of drug-likeness (QED) is 0.473. The van der Waals surface area contributed by atoms with Gasteiger partial charge in [0.25, 0.3) is 10.0 Å². The van der Waals surface area contributed by atoms with E-state index in [1.165, 1.54) is 18.2 Å². The normalized spacial score (nSPS) is 11.5. The smallest absolute Gasteiger partial charge is 0.261 e. The van der Waals surface area contributed by atoms with Crippen molar-refractivity contribution in [2.75, 3.05) is 17.9 Å². The Kier molecular flexibility index (Phi) is 7.20. The number of aliphatic hydroxyl groups excluding tert-OH is 1. The predicted octanol–water partition coefficient (Wildman–Crippen LogP) is 2.65. The minimum absolute atomic E-state index is 0.0160. The van der Waals surface area contributed by atoms with Crippen molar-refractivity contribution < 1.29 is 18.3 Å². The highest BCUT2D eigenvalue weighted by atomic mass is 35.5. The molecule has 0 radical (unpaired) electrons. The van der Waals surface area contributed by atoms with Crippen LogP contribution >= 0.6 is 11.6 Å². The van der Waals surface area contributed by atoms with Crippen LogP contribution in [-0.4, -0.2) is 32.6 Å². The Balaban J connectivity index is 2.04. The van der Waals surface area contributed by atoms with Gasteiger partial charge in [-0.05, 0) is 42.3 Å². The molecular formula is C18H19ClN2O4S. The van der Waals surface area contributed by atoms with Crippen LogP contribution in [0.5, 0.6) is 0 Å². The molecule has 3 N–H and O–H groups in total. The summed E-state index contributed by atoms with van der Waals surface area (Å²) >= 11 is 5.97. The summed E-state index contributed by atoms with van der Waals surface area (Å²) < 4.78 is 27.3. The number of aliphatic hydroxyl groups is 1. The second-order valence-electron chi connectivity index (χ2n) is 5.36. The average molecular weight is 395 g/mol. The molecule has 0 spiro atoms. The van der Waals surface area contributed by atoms with E-state index < -0.39 is 10.0 Å². The highest BCUT2D eigenvalue weighted by Gasteiger charge is 2.15.